The highest BCUT2D eigenvalue weighted by molar-refractivity contribution is 5.27. The maximum atomic E-state index is 12.5. The first-order valence-corrected chi connectivity index (χ1v) is 4.80. The van der Waals surface area contributed by atoms with Crippen molar-refractivity contribution in [2.75, 3.05) is 7.11 Å². The molecule has 0 saturated heterocycles. The molecule has 1 aromatic rings. The van der Waals surface area contributed by atoms with Gasteiger partial charge in [-0.25, -0.2) is 0 Å². The second-order valence-electron chi connectivity index (χ2n) is 3.37. The molecule has 1 nitrogen and oxygen atoms in total. The van der Waals surface area contributed by atoms with Gasteiger partial charge in [0.1, 0.15) is 0 Å². The molecule has 0 aliphatic rings. The van der Waals surface area contributed by atoms with Gasteiger partial charge >= 0.3 is 6.18 Å². The molecule has 1 atom stereocenters. The molecule has 0 aliphatic carbocycles. The molecule has 88 valence electrons. The molecule has 0 amide bonds. The molecule has 0 N–H and O–H groups in total. The average molecular weight is 230 g/mol. The molecule has 0 radical (unpaired) electrons. The van der Waals surface area contributed by atoms with Crippen molar-refractivity contribution in [3.8, 4) is 0 Å². The van der Waals surface area contributed by atoms with E-state index in [1.165, 1.54) is 13.2 Å². The van der Waals surface area contributed by atoms with Gasteiger partial charge in [-0.3, -0.25) is 0 Å². The van der Waals surface area contributed by atoms with Gasteiger partial charge in [0.05, 0.1) is 11.7 Å². The van der Waals surface area contributed by atoms with Crippen LogP contribution in [0.2, 0.25) is 0 Å². The molecule has 16 heavy (non-hydrogen) atoms. The van der Waals surface area contributed by atoms with Gasteiger partial charge in [-0.1, -0.05) is 18.2 Å². The van der Waals surface area contributed by atoms with Crippen LogP contribution in [0.5, 0.6) is 0 Å². The topological polar surface area (TPSA) is 9.23 Å². The third-order valence-electron chi connectivity index (χ3n) is 2.25. The maximum absolute atomic E-state index is 12.5. The van der Waals surface area contributed by atoms with Crippen LogP contribution in [0, 0.1) is 0 Å². The van der Waals surface area contributed by atoms with Crippen LogP contribution in [0.4, 0.5) is 13.2 Å². The first-order valence-electron chi connectivity index (χ1n) is 4.80. The van der Waals surface area contributed by atoms with Gasteiger partial charge in [-0.05, 0) is 24.1 Å². The normalized spacial score (nSPS) is 13.5. The zero-order valence-electron chi connectivity index (χ0n) is 8.92. The minimum Gasteiger partial charge on any atom is -0.376 e. The number of rotatable bonds is 4. The van der Waals surface area contributed by atoms with Crippen LogP contribution < -0.4 is 0 Å². The van der Waals surface area contributed by atoms with Crippen molar-refractivity contribution in [2.45, 2.75) is 18.7 Å². The van der Waals surface area contributed by atoms with Crippen molar-refractivity contribution in [1.29, 1.82) is 0 Å². The van der Waals surface area contributed by atoms with Crippen LogP contribution in [0.1, 0.15) is 23.7 Å². The summed E-state index contributed by atoms with van der Waals surface area (Å²) >= 11 is 0. The predicted molar refractivity (Wildman–Crippen MR) is 56.0 cm³/mol. The van der Waals surface area contributed by atoms with Crippen molar-refractivity contribution in [2.24, 2.45) is 0 Å². The van der Waals surface area contributed by atoms with Crippen molar-refractivity contribution >= 4 is 0 Å². The van der Waals surface area contributed by atoms with E-state index in [0.717, 1.165) is 12.1 Å². The van der Waals surface area contributed by atoms with Crippen LogP contribution >= 0.6 is 0 Å². The molecular weight excluding hydrogens is 217 g/mol. The molecule has 1 rings (SSSR count). The van der Waals surface area contributed by atoms with E-state index >= 15 is 0 Å². The Morgan fingerprint density at radius 2 is 2.12 bits per heavy atom. The summed E-state index contributed by atoms with van der Waals surface area (Å²) in [6, 6.07) is 5.15. The number of methoxy groups -OCH3 is 1. The molecule has 0 aliphatic heterocycles. The largest absolute Gasteiger partial charge is 0.416 e. The number of hydrogen-bond donors (Lipinski definition) is 0. The van der Waals surface area contributed by atoms with Crippen LogP contribution in [0.25, 0.3) is 0 Å². The Balaban J connectivity index is 3.01. The third-order valence-corrected chi connectivity index (χ3v) is 2.25. The van der Waals surface area contributed by atoms with Gasteiger partial charge in [-0.15, -0.1) is 6.58 Å². The molecule has 1 unspecified atom stereocenters. The fourth-order valence-corrected chi connectivity index (χ4v) is 1.44. The highest BCUT2D eigenvalue weighted by Gasteiger charge is 2.30. The summed E-state index contributed by atoms with van der Waals surface area (Å²) in [6.07, 6.45) is -2.59. The molecule has 1 aromatic carbocycles. The molecule has 0 bridgehead atoms. The lowest BCUT2D eigenvalue weighted by atomic mass is 10.0. The van der Waals surface area contributed by atoms with Gasteiger partial charge in [-0.2, -0.15) is 13.2 Å². The van der Waals surface area contributed by atoms with Crippen molar-refractivity contribution < 1.29 is 17.9 Å². The van der Waals surface area contributed by atoms with Crippen molar-refractivity contribution in [3.05, 3.63) is 48.0 Å². The molecule has 0 heterocycles. The summed E-state index contributed by atoms with van der Waals surface area (Å²) in [4.78, 5) is 0. The average Bonchev–Trinajstić information content (AvgIpc) is 2.25. The molecule has 0 saturated carbocycles. The molecule has 0 fully saturated rings. The number of benzene rings is 1. The summed E-state index contributed by atoms with van der Waals surface area (Å²) in [5.74, 6) is 0. The van der Waals surface area contributed by atoms with E-state index in [-0.39, 0.29) is 6.10 Å². The number of hydrogen-bond acceptors (Lipinski definition) is 1. The monoisotopic (exact) mass is 230 g/mol. The Morgan fingerprint density at radius 1 is 1.44 bits per heavy atom. The zero-order chi connectivity index (χ0) is 12.2. The van der Waals surface area contributed by atoms with E-state index in [0.29, 0.717) is 12.0 Å². The standard InChI is InChI=1S/C12H13F3O/c1-3-5-11(16-2)9-6-4-7-10(8-9)12(13,14)15/h3-4,6-8,11H,1,5H2,2H3. The fraction of sp³-hybridized carbons (Fsp3) is 0.333. The highest BCUT2D eigenvalue weighted by Crippen LogP contribution is 2.31. The maximum Gasteiger partial charge on any atom is 0.416 e. The van der Waals surface area contributed by atoms with E-state index in [2.05, 4.69) is 6.58 Å². The van der Waals surface area contributed by atoms with E-state index in [9.17, 15) is 13.2 Å². The number of ether oxygens (including phenoxy) is 1. The Kier molecular flexibility index (Phi) is 4.12. The SMILES string of the molecule is C=CCC(OC)c1cccc(C(F)(F)F)c1. The predicted octanol–water partition coefficient (Wildman–Crippen LogP) is 3.97. The smallest absolute Gasteiger partial charge is 0.376 e. The van der Waals surface area contributed by atoms with Gasteiger partial charge < -0.3 is 4.74 Å². The number of alkyl halides is 3. The highest BCUT2D eigenvalue weighted by atomic mass is 19.4. The molecule has 0 aromatic heterocycles. The molecular formula is C12H13F3O. The summed E-state index contributed by atoms with van der Waals surface area (Å²) in [7, 11) is 1.47. The minimum absolute atomic E-state index is 0.375. The van der Waals surface area contributed by atoms with E-state index in [1.807, 2.05) is 0 Å². The Bertz CT molecular complexity index is 358. The first-order chi connectivity index (χ1) is 7.49. The quantitative estimate of drug-likeness (QED) is 0.711. The molecule has 0 spiro atoms. The van der Waals surface area contributed by atoms with Crippen LogP contribution in [-0.2, 0) is 10.9 Å². The fourth-order valence-electron chi connectivity index (χ4n) is 1.44. The lowest BCUT2D eigenvalue weighted by Crippen LogP contribution is -2.07. The lowest BCUT2D eigenvalue weighted by Gasteiger charge is -2.15. The van der Waals surface area contributed by atoms with Crippen molar-refractivity contribution in [1.82, 2.24) is 0 Å². The Morgan fingerprint density at radius 3 is 2.62 bits per heavy atom. The summed E-state index contributed by atoms with van der Waals surface area (Å²) in [6.45, 7) is 3.54. The first kappa shape index (κ1) is 12.8. The summed E-state index contributed by atoms with van der Waals surface area (Å²) < 4.78 is 42.5. The van der Waals surface area contributed by atoms with Gasteiger partial charge in [0.2, 0.25) is 0 Å². The zero-order valence-corrected chi connectivity index (χ0v) is 8.92. The Labute approximate surface area is 92.5 Å². The molecule has 4 heteroatoms. The lowest BCUT2D eigenvalue weighted by molar-refractivity contribution is -0.137. The second kappa shape index (κ2) is 5.16. The number of halogens is 3. The van der Waals surface area contributed by atoms with Gasteiger partial charge in [0.15, 0.2) is 0 Å². The summed E-state index contributed by atoms with van der Waals surface area (Å²) in [5.41, 5.74) is -0.145. The van der Waals surface area contributed by atoms with E-state index < -0.39 is 11.7 Å². The van der Waals surface area contributed by atoms with E-state index in [1.54, 1.807) is 12.1 Å². The minimum atomic E-state index is -4.32. The van der Waals surface area contributed by atoms with Crippen LogP contribution in [-0.4, -0.2) is 7.11 Å². The summed E-state index contributed by atoms with van der Waals surface area (Å²) in [5, 5.41) is 0. The van der Waals surface area contributed by atoms with Crippen molar-refractivity contribution in [3.63, 3.8) is 0 Å². The second-order valence-corrected chi connectivity index (χ2v) is 3.37. The third kappa shape index (κ3) is 3.10. The van der Waals surface area contributed by atoms with Crippen LogP contribution in [0.3, 0.4) is 0 Å². The van der Waals surface area contributed by atoms with Gasteiger partial charge in [0.25, 0.3) is 0 Å². The van der Waals surface area contributed by atoms with Gasteiger partial charge in [0, 0.05) is 7.11 Å². The Hall–Kier alpha value is -1.29. The van der Waals surface area contributed by atoms with E-state index in [4.69, 9.17) is 4.74 Å². The van der Waals surface area contributed by atoms with Crippen LogP contribution in [0.15, 0.2) is 36.9 Å².